The maximum atomic E-state index is 12.4. The van der Waals surface area contributed by atoms with E-state index in [2.05, 4.69) is 19.2 Å². The van der Waals surface area contributed by atoms with E-state index in [-0.39, 0.29) is 23.2 Å². The molecule has 2 aromatic rings. The zero-order valence-corrected chi connectivity index (χ0v) is 15.2. The van der Waals surface area contributed by atoms with Gasteiger partial charge in [-0.3, -0.25) is 4.79 Å². The van der Waals surface area contributed by atoms with E-state index in [4.69, 9.17) is 13.9 Å². The molecule has 1 aromatic heterocycles. The number of carbonyl (C=O) groups excluding carboxylic acids is 1. The largest absolute Gasteiger partial charge is 0.493 e. The summed E-state index contributed by atoms with van der Waals surface area (Å²) in [7, 11) is 3.24. The molecule has 3 rings (SSSR count). The molecule has 0 saturated heterocycles. The second kappa shape index (κ2) is 6.82. The Hall–Kier alpha value is -2.43. The summed E-state index contributed by atoms with van der Waals surface area (Å²) in [6, 6.07) is 9.67. The third-order valence-corrected chi connectivity index (χ3v) is 4.91. The summed E-state index contributed by atoms with van der Waals surface area (Å²) in [6.07, 6.45) is 2.51. The Balaban J connectivity index is 1.61. The number of hydrogen-bond acceptors (Lipinski definition) is 4. The smallest absolute Gasteiger partial charge is 0.223 e. The molecule has 5 nitrogen and oxygen atoms in total. The van der Waals surface area contributed by atoms with Gasteiger partial charge in [0.25, 0.3) is 0 Å². The number of furan rings is 1. The van der Waals surface area contributed by atoms with Crippen molar-refractivity contribution in [3.8, 4) is 11.5 Å². The lowest BCUT2D eigenvalue weighted by Gasteiger charge is -2.26. The van der Waals surface area contributed by atoms with Gasteiger partial charge in [-0.15, -0.1) is 0 Å². The van der Waals surface area contributed by atoms with Crippen LogP contribution in [0.15, 0.2) is 41.0 Å². The second-order valence-electron chi connectivity index (χ2n) is 7.14. The Morgan fingerprint density at radius 1 is 1.24 bits per heavy atom. The molecule has 1 aromatic carbocycles. The number of amides is 1. The maximum Gasteiger partial charge on any atom is 0.223 e. The van der Waals surface area contributed by atoms with Crippen LogP contribution in [0.2, 0.25) is 0 Å². The van der Waals surface area contributed by atoms with Crippen molar-refractivity contribution in [2.24, 2.45) is 5.92 Å². The number of hydrogen-bond donors (Lipinski definition) is 1. The molecule has 1 N–H and O–H groups in total. The fourth-order valence-corrected chi connectivity index (χ4v) is 3.10. The summed E-state index contributed by atoms with van der Waals surface area (Å²) in [6.45, 7) is 4.76. The molecule has 25 heavy (non-hydrogen) atoms. The molecule has 0 unspecified atom stereocenters. The van der Waals surface area contributed by atoms with Crippen LogP contribution in [-0.4, -0.2) is 26.7 Å². The third-order valence-electron chi connectivity index (χ3n) is 4.91. The van der Waals surface area contributed by atoms with Crippen molar-refractivity contribution in [2.45, 2.75) is 31.6 Å². The van der Waals surface area contributed by atoms with Gasteiger partial charge < -0.3 is 19.2 Å². The van der Waals surface area contributed by atoms with Crippen LogP contribution >= 0.6 is 0 Å². The first-order valence-corrected chi connectivity index (χ1v) is 8.50. The Labute approximate surface area is 148 Å². The van der Waals surface area contributed by atoms with Crippen LogP contribution in [-0.2, 0) is 10.2 Å². The Kier molecular flexibility index (Phi) is 4.75. The van der Waals surface area contributed by atoms with Crippen LogP contribution < -0.4 is 14.8 Å². The van der Waals surface area contributed by atoms with Gasteiger partial charge in [0.2, 0.25) is 5.91 Å². The lowest BCUT2D eigenvalue weighted by Crippen LogP contribution is -2.37. The summed E-state index contributed by atoms with van der Waals surface area (Å²) in [4.78, 5) is 12.4. The number of rotatable bonds is 7. The number of methoxy groups -OCH3 is 2. The van der Waals surface area contributed by atoms with Gasteiger partial charge in [0.1, 0.15) is 5.76 Å². The van der Waals surface area contributed by atoms with Crippen molar-refractivity contribution in [3.63, 3.8) is 0 Å². The highest BCUT2D eigenvalue weighted by molar-refractivity contribution is 5.82. The number of nitrogens with one attached hydrogen (secondary N) is 1. The van der Waals surface area contributed by atoms with Gasteiger partial charge in [0, 0.05) is 23.8 Å². The quantitative estimate of drug-likeness (QED) is 0.836. The van der Waals surface area contributed by atoms with Crippen molar-refractivity contribution in [1.82, 2.24) is 5.32 Å². The van der Waals surface area contributed by atoms with Gasteiger partial charge in [0.15, 0.2) is 11.5 Å². The van der Waals surface area contributed by atoms with Crippen molar-refractivity contribution in [2.75, 3.05) is 20.8 Å². The number of benzene rings is 1. The van der Waals surface area contributed by atoms with Gasteiger partial charge >= 0.3 is 0 Å². The molecule has 0 spiro atoms. The average Bonchev–Trinajstić information content (AvgIpc) is 3.24. The van der Waals surface area contributed by atoms with E-state index in [1.54, 1.807) is 20.5 Å². The zero-order valence-electron chi connectivity index (χ0n) is 15.2. The topological polar surface area (TPSA) is 60.7 Å². The average molecular weight is 343 g/mol. The van der Waals surface area contributed by atoms with E-state index in [9.17, 15) is 4.79 Å². The van der Waals surface area contributed by atoms with Gasteiger partial charge in [-0.2, -0.15) is 0 Å². The molecule has 0 bridgehead atoms. The Morgan fingerprint density at radius 2 is 2.00 bits per heavy atom. The molecule has 134 valence electrons. The molecule has 1 saturated carbocycles. The highest BCUT2D eigenvalue weighted by Gasteiger charge is 2.46. The predicted octanol–water partition coefficient (Wildman–Crippen LogP) is 3.49. The lowest BCUT2D eigenvalue weighted by atomic mass is 9.84. The fourth-order valence-electron chi connectivity index (χ4n) is 3.10. The van der Waals surface area contributed by atoms with E-state index >= 15 is 0 Å². The second-order valence-corrected chi connectivity index (χ2v) is 7.14. The van der Waals surface area contributed by atoms with E-state index in [1.807, 2.05) is 30.3 Å². The fraction of sp³-hybridized carbons (Fsp3) is 0.450. The monoisotopic (exact) mass is 343 g/mol. The van der Waals surface area contributed by atoms with Crippen molar-refractivity contribution in [1.29, 1.82) is 0 Å². The molecule has 1 amide bonds. The van der Waals surface area contributed by atoms with Crippen LogP contribution in [0.4, 0.5) is 0 Å². The SMILES string of the molecule is COc1ccc(C(C)(C)CNC(=O)[C@H]2C[C@@H]2c2ccco2)cc1OC. The zero-order chi connectivity index (χ0) is 18.0. The minimum atomic E-state index is -0.218. The van der Waals surface area contributed by atoms with Crippen LogP contribution in [0, 0.1) is 5.92 Å². The minimum Gasteiger partial charge on any atom is -0.493 e. The molecule has 1 fully saturated rings. The first kappa shape index (κ1) is 17.4. The van der Waals surface area contributed by atoms with Crippen molar-refractivity contribution < 1.29 is 18.7 Å². The van der Waals surface area contributed by atoms with Crippen molar-refractivity contribution >= 4 is 5.91 Å². The molecule has 1 aliphatic carbocycles. The molecule has 1 aliphatic rings. The molecule has 5 heteroatoms. The van der Waals surface area contributed by atoms with Gasteiger partial charge in [0.05, 0.1) is 20.5 Å². The Morgan fingerprint density at radius 3 is 2.64 bits per heavy atom. The molecule has 0 radical (unpaired) electrons. The predicted molar refractivity (Wildman–Crippen MR) is 95.1 cm³/mol. The van der Waals surface area contributed by atoms with Crippen LogP contribution in [0.25, 0.3) is 0 Å². The first-order chi connectivity index (χ1) is 12.0. The molecular weight excluding hydrogens is 318 g/mol. The van der Waals surface area contributed by atoms with E-state index < -0.39 is 0 Å². The highest BCUT2D eigenvalue weighted by atomic mass is 16.5. The number of carbonyl (C=O) groups is 1. The molecular formula is C20H25NO4. The molecule has 0 aliphatic heterocycles. The standard InChI is InChI=1S/C20H25NO4/c1-20(2,13-7-8-17(23-3)18(10-13)24-4)12-21-19(22)15-11-14(15)16-6-5-9-25-16/h5-10,14-15H,11-12H2,1-4H3,(H,21,22)/t14-,15-/m0/s1. The van der Waals surface area contributed by atoms with E-state index in [0.717, 1.165) is 17.7 Å². The van der Waals surface area contributed by atoms with Gasteiger partial charge in [-0.05, 0) is 36.2 Å². The van der Waals surface area contributed by atoms with E-state index in [1.165, 1.54) is 0 Å². The number of ether oxygens (including phenoxy) is 2. The molecule has 2 atom stereocenters. The van der Waals surface area contributed by atoms with Crippen molar-refractivity contribution in [3.05, 3.63) is 47.9 Å². The first-order valence-electron chi connectivity index (χ1n) is 8.50. The minimum absolute atomic E-state index is 0.0207. The summed E-state index contributed by atoms with van der Waals surface area (Å²) >= 11 is 0. The summed E-state index contributed by atoms with van der Waals surface area (Å²) < 4.78 is 16.1. The summed E-state index contributed by atoms with van der Waals surface area (Å²) in [5, 5.41) is 3.09. The van der Waals surface area contributed by atoms with Crippen LogP contribution in [0.3, 0.4) is 0 Å². The summed E-state index contributed by atoms with van der Waals surface area (Å²) in [5.41, 5.74) is 0.869. The Bertz CT molecular complexity index is 736. The normalized spacial score (nSPS) is 19.4. The van der Waals surface area contributed by atoms with Gasteiger partial charge in [-0.1, -0.05) is 19.9 Å². The third kappa shape index (κ3) is 3.65. The lowest BCUT2D eigenvalue weighted by molar-refractivity contribution is -0.122. The van der Waals surface area contributed by atoms with Gasteiger partial charge in [-0.25, -0.2) is 0 Å². The van der Waals surface area contributed by atoms with Crippen LogP contribution in [0.1, 0.15) is 37.5 Å². The molecule has 1 heterocycles. The van der Waals surface area contributed by atoms with E-state index in [0.29, 0.717) is 18.0 Å². The summed E-state index contributed by atoms with van der Waals surface area (Å²) in [5.74, 6) is 2.63. The maximum absolute atomic E-state index is 12.4. The van der Waals surface area contributed by atoms with Crippen LogP contribution in [0.5, 0.6) is 11.5 Å². The highest BCUT2D eigenvalue weighted by Crippen LogP contribution is 2.47.